The van der Waals surface area contributed by atoms with E-state index >= 15 is 0 Å². The Morgan fingerprint density at radius 2 is 1.81 bits per heavy atom. The van der Waals surface area contributed by atoms with Crippen molar-refractivity contribution in [3.63, 3.8) is 0 Å². The SMILES string of the molecule is COc1cc(C(=O)C(=O)NC2CCCCC2)ccc1OCC(=O)Nc1ccc(Cl)nc1Cl. The third-order valence-corrected chi connectivity index (χ3v) is 5.52. The Bertz CT molecular complexity index is 1010. The Morgan fingerprint density at radius 3 is 2.50 bits per heavy atom. The highest BCUT2D eigenvalue weighted by molar-refractivity contribution is 6.43. The first kappa shape index (κ1) is 23.8. The van der Waals surface area contributed by atoms with Gasteiger partial charge in [0.2, 0.25) is 5.78 Å². The summed E-state index contributed by atoms with van der Waals surface area (Å²) in [4.78, 5) is 40.9. The van der Waals surface area contributed by atoms with Crippen LogP contribution in [0.4, 0.5) is 5.69 Å². The van der Waals surface area contributed by atoms with Crippen LogP contribution in [0.5, 0.6) is 11.5 Å². The lowest BCUT2D eigenvalue weighted by molar-refractivity contribution is -0.118. The van der Waals surface area contributed by atoms with Gasteiger partial charge >= 0.3 is 0 Å². The summed E-state index contributed by atoms with van der Waals surface area (Å²) in [5.41, 5.74) is 0.465. The number of rotatable bonds is 8. The van der Waals surface area contributed by atoms with Crippen LogP contribution in [-0.2, 0) is 9.59 Å². The fourth-order valence-corrected chi connectivity index (χ4v) is 3.78. The zero-order valence-corrected chi connectivity index (χ0v) is 19.0. The summed E-state index contributed by atoms with van der Waals surface area (Å²) < 4.78 is 10.8. The number of amides is 2. The predicted octanol–water partition coefficient (Wildman–Crippen LogP) is 4.05. The Labute approximate surface area is 195 Å². The number of hydrogen-bond donors (Lipinski definition) is 2. The minimum Gasteiger partial charge on any atom is -0.493 e. The van der Waals surface area contributed by atoms with Crippen molar-refractivity contribution >= 4 is 46.5 Å². The molecule has 1 saturated carbocycles. The van der Waals surface area contributed by atoms with E-state index in [1.54, 1.807) is 0 Å². The van der Waals surface area contributed by atoms with Crippen molar-refractivity contribution in [2.45, 2.75) is 38.1 Å². The zero-order valence-electron chi connectivity index (χ0n) is 17.5. The number of nitrogens with zero attached hydrogens (tertiary/aromatic N) is 1. The normalized spacial score (nSPS) is 13.8. The van der Waals surface area contributed by atoms with Crippen molar-refractivity contribution in [1.29, 1.82) is 0 Å². The van der Waals surface area contributed by atoms with Gasteiger partial charge in [0.15, 0.2) is 23.3 Å². The third-order valence-electron chi connectivity index (χ3n) is 5.02. The van der Waals surface area contributed by atoms with Gasteiger partial charge in [-0.1, -0.05) is 42.5 Å². The molecule has 1 fully saturated rings. The van der Waals surface area contributed by atoms with Crippen LogP contribution in [0.2, 0.25) is 10.3 Å². The smallest absolute Gasteiger partial charge is 0.292 e. The number of halogens is 2. The fraction of sp³-hybridized carbons (Fsp3) is 0.364. The van der Waals surface area contributed by atoms with Gasteiger partial charge in [-0.25, -0.2) is 4.98 Å². The molecule has 2 amide bonds. The Balaban J connectivity index is 1.60. The molecule has 0 spiro atoms. The fourth-order valence-electron chi connectivity index (χ4n) is 3.39. The Kier molecular flexibility index (Phi) is 8.30. The van der Waals surface area contributed by atoms with Gasteiger partial charge in [0.1, 0.15) is 5.15 Å². The summed E-state index contributed by atoms with van der Waals surface area (Å²) in [5, 5.41) is 5.62. The van der Waals surface area contributed by atoms with E-state index in [2.05, 4.69) is 15.6 Å². The average Bonchev–Trinajstić information content (AvgIpc) is 2.79. The lowest BCUT2D eigenvalue weighted by Gasteiger charge is -2.22. The first-order valence-corrected chi connectivity index (χ1v) is 10.9. The van der Waals surface area contributed by atoms with Gasteiger partial charge in [0.25, 0.3) is 11.8 Å². The number of ether oxygens (including phenoxy) is 2. The van der Waals surface area contributed by atoms with E-state index in [-0.39, 0.29) is 40.0 Å². The number of aromatic nitrogens is 1. The van der Waals surface area contributed by atoms with Gasteiger partial charge in [0.05, 0.1) is 12.8 Å². The molecular weight excluding hydrogens is 457 g/mol. The van der Waals surface area contributed by atoms with Crippen LogP contribution in [0.3, 0.4) is 0 Å². The number of nitrogens with one attached hydrogen (secondary N) is 2. The molecule has 0 unspecified atom stereocenters. The molecule has 170 valence electrons. The summed E-state index contributed by atoms with van der Waals surface area (Å²) in [6, 6.07) is 7.40. The minimum absolute atomic E-state index is 0.0348. The molecule has 1 aliphatic carbocycles. The van der Waals surface area contributed by atoms with Crippen LogP contribution in [0.1, 0.15) is 42.5 Å². The van der Waals surface area contributed by atoms with Gasteiger partial charge in [-0.15, -0.1) is 0 Å². The van der Waals surface area contributed by atoms with E-state index in [0.29, 0.717) is 5.69 Å². The molecular formula is C22H23Cl2N3O5. The van der Waals surface area contributed by atoms with E-state index in [9.17, 15) is 14.4 Å². The van der Waals surface area contributed by atoms with Crippen molar-refractivity contribution in [2.75, 3.05) is 19.0 Å². The third kappa shape index (κ3) is 6.34. The highest BCUT2D eigenvalue weighted by atomic mass is 35.5. The lowest BCUT2D eigenvalue weighted by Crippen LogP contribution is -2.40. The predicted molar refractivity (Wildman–Crippen MR) is 121 cm³/mol. The molecule has 1 heterocycles. The number of carbonyl (C=O) groups excluding carboxylic acids is 3. The van der Waals surface area contributed by atoms with Crippen LogP contribution in [0, 0.1) is 0 Å². The Hall–Kier alpha value is -2.84. The summed E-state index contributed by atoms with van der Waals surface area (Å²) >= 11 is 11.7. The number of pyridine rings is 1. The quantitative estimate of drug-likeness (QED) is 0.336. The van der Waals surface area contributed by atoms with Gasteiger partial charge in [-0.3, -0.25) is 14.4 Å². The molecule has 0 bridgehead atoms. The molecule has 2 N–H and O–H groups in total. The van der Waals surface area contributed by atoms with Crippen LogP contribution in [0.25, 0.3) is 0 Å². The summed E-state index contributed by atoms with van der Waals surface area (Å²) in [7, 11) is 1.40. The van der Waals surface area contributed by atoms with Crippen LogP contribution in [0.15, 0.2) is 30.3 Å². The highest BCUT2D eigenvalue weighted by Gasteiger charge is 2.23. The molecule has 10 heteroatoms. The lowest BCUT2D eigenvalue weighted by atomic mass is 9.95. The summed E-state index contributed by atoms with van der Waals surface area (Å²) in [6.07, 6.45) is 5.02. The molecule has 0 atom stereocenters. The number of anilines is 1. The van der Waals surface area contributed by atoms with E-state index in [1.807, 2.05) is 0 Å². The highest BCUT2D eigenvalue weighted by Crippen LogP contribution is 2.29. The van der Waals surface area contributed by atoms with Gasteiger partial charge in [-0.2, -0.15) is 0 Å². The van der Waals surface area contributed by atoms with Crippen molar-refractivity contribution in [2.24, 2.45) is 0 Å². The number of hydrogen-bond acceptors (Lipinski definition) is 6. The molecule has 8 nitrogen and oxygen atoms in total. The molecule has 1 aliphatic rings. The monoisotopic (exact) mass is 479 g/mol. The van der Waals surface area contributed by atoms with Crippen LogP contribution < -0.4 is 20.1 Å². The average molecular weight is 480 g/mol. The first-order valence-electron chi connectivity index (χ1n) is 10.2. The minimum atomic E-state index is -0.650. The van der Waals surface area contributed by atoms with E-state index in [1.165, 1.54) is 37.4 Å². The summed E-state index contributed by atoms with van der Waals surface area (Å²) in [5.74, 6) is -1.30. The second kappa shape index (κ2) is 11.2. The number of Topliss-reactive ketones (excluding diaryl/α,β-unsaturated/α-hetero) is 1. The van der Waals surface area contributed by atoms with E-state index in [4.69, 9.17) is 32.7 Å². The molecule has 2 aromatic rings. The van der Waals surface area contributed by atoms with Gasteiger partial charge < -0.3 is 20.1 Å². The van der Waals surface area contributed by atoms with Crippen LogP contribution in [-0.4, -0.2) is 42.3 Å². The second-order valence-electron chi connectivity index (χ2n) is 7.31. The van der Waals surface area contributed by atoms with E-state index in [0.717, 1.165) is 32.1 Å². The molecule has 1 aromatic heterocycles. The molecule has 0 radical (unpaired) electrons. The number of carbonyl (C=O) groups is 3. The topological polar surface area (TPSA) is 107 Å². The van der Waals surface area contributed by atoms with Crippen molar-refractivity contribution < 1.29 is 23.9 Å². The van der Waals surface area contributed by atoms with Gasteiger partial charge in [0, 0.05) is 11.6 Å². The van der Waals surface area contributed by atoms with Gasteiger partial charge in [-0.05, 0) is 43.2 Å². The summed E-state index contributed by atoms with van der Waals surface area (Å²) in [6.45, 7) is -0.342. The maximum atomic E-state index is 12.5. The van der Waals surface area contributed by atoms with E-state index < -0.39 is 17.6 Å². The zero-order chi connectivity index (χ0) is 23.1. The first-order chi connectivity index (χ1) is 15.4. The molecule has 3 rings (SSSR count). The van der Waals surface area contributed by atoms with Crippen molar-refractivity contribution in [1.82, 2.24) is 10.3 Å². The largest absolute Gasteiger partial charge is 0.493 e. The van der Waals surface area contributed by atoms with Crippen molar-refractivity contribution in [3.8, 4) is 11.5 Å². The number of benzene rings is 1. The van der Waals surface area contributed by atoms with Crippen LogP contribution >= 0.6 is 23.2 Å². The maximum Gasteiger partial charge on any atom is 0.292 e. The van der Waals surface area contributed by atoms with Crippen molar-refractivity contribution in [3.05, 3.63) is 46.2 Å². The molecule has 32 heavy (non-hydrogen) atoms. The molecule has 1 aromatic carbocycles. The molecule has 0 aliphatic heterocycles. The molecule has 0 saturated heterocycles. The second-order valence-corrected chi connectivity index (χ2v) is 8.06. The Morgan fingerprint density at radius 1 is 1.06 bits per heavy atom. The standard InChI is InChI=1S/C22H23Cl2N3O5/c1-31-17-11-13(20(29)22(30)25-14-5-3-2-4-6-14)7-9-16(17)32-12-19(28)26-15-8-10-18(23)27-21(15)24/h7-11,14H,2-6,12H2,1H3,(H,25,30)(H,26,28). The number of ketones is 1. The maximum absolute atomic E-state index is 12.5. The number of methoxy groups -OCH3 is 1.